The average molecular weight is 304 g/mol. The van der Waals surface area contributed by atoms with E-state index in [1.807, 2.05) is 6.92 Å². The van der Waals surface area contributed by atoms with Crippen molar-refractivity contribution in [1.82, 2.24) is 9.97 Å². The third-order valence-electron chi connectivity index (χ3n) is 3.02. The lowest BCUT2D eigenvalue weighted by Crippen LogP contribution is -2.36. The number of halogens is 3. The number of rotatable bonds is 7. The topological polar surface area (TPSA) is 50.3 Å². The Morgan fingerprint density at radius 3 is 2.62 bits per heavy atom. The van der Waals surface area contributed by atoms with Gasteiger partial charge in [-0.05, 0) is 19.8 Å². The Balaban J connectivity index is 2.29. The van der Waals surface area contributed by atoms with Crippen molar-refractivity contribution in [2.75, 3.05) is 30.4 Å². The van der Waals surface area contributed by atoms with Crippen LogP contribution in [-0.4, -0.2) is 42.4 Å². The lowest BCUT2D eigenvalue weighted by molar-refractivity contribution is -0.120. The van der Waals surface area contributed by atoms with Gasteiger partial charge < -0.3 is 15.0 Å². The number of hydrogen-bond acceptors (Lipinski definition) is 5. The van der Waals surface area contributed by atoms with E-state index in [-0.39, 0.29) is 12.6 Å². The van der Waals surface area contributed by atoms with Crippen LogP contribution in [0.5, 0.6) is 0 Å². The second-order valence-electron chi connectivity index (χ2n) is 4.97. The molecule has 0 bridgehead atoms. The van der Waals surface area contributed by atoms with E-state index in [0.29, 0.717) is 24.0 Å². The maximum absolute atomic E-state index is 12.8. The molecule has 118 valence electrons. The Morgan fingerprint density at radius 1 is 1.38 bits per heavy atom. The van der Waals surface area contributed by atoms with E-state index in [9.17, 15) is 13.2 Å². The Bertz CT molecular complexity index is 453. The molecule has 0 unspecified atom stereocenters. The molecule has 1 saturated carbocycles. The first-order valence-corrected chi connectivity index (χ1v) is 6.87. The van der Waals surface area contributed by atoms with E-state index in [4.69, 9.17) is 4.74 Å². The monoisotopic (exact) mass is 304 g/mol. The number of alkyl halides is 3. The van der Waals surface area contributed by atoms with Gasteiger partial charge in [0.25, 0.3) is 0 Å². The zero-order chi connectivity index (χ0) is 15.5. The predicted molar refractivity (Wildman–Crippen MR) is 73.3 cm³/mol. The molecule has 1 aliphatic carbocycles. The molecule has 1 N–H and O–H groups in total. The standard InChI is InChI=1S/C13H19F3N4O/c1-3-17-10-6-12(19-11(18-10)7-21-2)20(9-4-5-9)8-13(14,15)16/h6,9H,3-5,7-8H2,1-2H3,(H,17,18,19). The first-order chi connectivity index (χ1) is 9.93. The second kappa shape index (κ2) is 6.46. The number of aromatic nitrogens is 2. The summed E-state index contributed by atoms with van der Waals surface area (Å²) in [6, 6.07) is 1.47. The third kappa shape index (κ3) is 4.73. The van der Waals surface area contributed by atoms with Crippen molar-refractivity contribution in [2.24, 2.45) is 0 Å². The maximum Gasteiger partial charge on any atom is 0.405 e. The Kier molecular flexibility index (Phi) is 4.87. The van der Waals surface area contributed by atoms with Crippen LogP contribution in [0.2, 0.25) is 0 Å². The van der Waals surface area contributed by atoms with Crippen LogP contribution >= 0.6 is 0 Å². The third-order valence-corrected chi connectivity index (χ3v) is 3.02. The van der Waals surface area contributed by atoms with Crippen molar-refractivity contribution in [3.63, 3.8) is 0 Å². The van der Waals surface area contributed by atoms with E-state index >= 15 is 0 Å². The lowest BCUT2D eigenvalue weighted by Gasteiger charge is -2.25. The quantitative estimate of drug-likeness (QED) is 0.839. The molecule has 0 aliphatic heterocycles. The first-order valence-electron chi connectivity index (χ1n) is 6.87. The van der Waals surface area contributed by atoms with Crippen LogP contribution in [0.15, 0.2) is 6.07 Å². The molecule has 0 aromatic carbocycles. The number of hydrogen-bond donors (Lipinski definition) is 1. The molecule has 0 atom stereocenters. The molecule has 0 radical (unpaired) electrons. The molecule has 1 heterocycles. The van der Waals surface area contributed by atoms with Gasteiger partial charge in [-0.1, -0.05) is 0 Å². The van der Waals surface area contributed by atoms with Gasteiger partial charge >= 0.3 is 6.18 Å². The molecular weight excluding hydrogens is 285 g/mol. The van der Waals surface area contributed by atoms with Crippen molar-refractivity contribution >= 4 is 11.6 Å². The average Bonchev–Trinajstić information content (AvgIpc) is 3.19. The van der Waals surface area contributed by atoms with E-state index in [2.05, 4.69) is 15.3 Å². The van der Waals surface area contributed by atoms with Crippen molar-refractivity contribution in [1.29, 1.82) is 0 Å². The summed E-state index contributed by atoms with van der Waals surface area (Å²) < 4.78 is 43.2. The normalized spacial score (nSPS) is 15.1. The minimum absolute atomic E-state index is 0.0913. The molecule has 0 spiro atoms. The molecule has 1 aromatic rings. The van der Waals surface area contributed by atoms with E-state index in [1.165, 1.54) is 12.0 Å². The maximum atomic E-state index is 12.8. The highest BCUT2D eigenvalue weighted by molar-refractivity contribution is 5.51. The van der Waals surface area contributed by atoms with Crippen LogP contribution in [0.25, 0.3) is 0 Å². The molecule has 1 aromatic heterocycles. The zero-order valence-electron chi connectivity index (χ0n) is 12.1. The van der Waals surface area contributed by atoms with Gasteiger partial charge in [0.15, 0.2) is 5.82 Å². The molecular formula is C13H19F3N4O. The van der Waals surface area contributed by atoms with Crippen LogP contribution in [0.1, 0.15) is 25.6 Å². The van der Waals surface area contributed by atoms with Crippen LogP contribution in [0.3, 0.4) is 0 Å². The SMILES string of the molecule is CCNc1cc(N(CC(F)(F)F)C2CC2)nc(COC)n1. The fourth-order valence-corrected chi connectivity index (χ4v) is 2.07. The van der Waals surface area contributed by atoms with Gasteiger partial charge in [-0.3, -0.25) is 0 Å². The van der Waals surface area contributed by atoms with E-state index in [0.717, 1.165) is 12.8 Å². The van der Waals surface area contributed by atoms with Gasteiger partial charge in [-0.15, -0.1) is 0 Å². The number of methoxy groups -OCH3 is 1. The summed E-state index contributed by atoms with van der Waals surface area (Å²) in [6.07, 6.45) is -2.74. The molecule has 1 aliphatic rings. The summed E-state index contributed by atoms with van der Waals surface area (Å²) in [4.78, 5) is 9.72. The second-order valence-corrected chi connectivity index (χ2v) is 4.97. The Hall–Kier alpha value is -1.57. The van der Waals surface area contributed by atoms with E-state index < -0.39 is 12.7 Å². The Morgan fingerprint density at radius 2 is 2.10 bits per heavy atom. The van der Waals surface area contributed by atoms with Crippen LogP contribution < -0.4 is 10.2 Å². The molecule has 21 heavy (non-hydrogen) atoms. The van der Waals surface area contributed by atoms with Crippen molar-refractivity contribution in [3.05, 3.63) is 11.9 Å². The highest BCUT2D eigenvalue weighted by Crippen LogP contribution is 2.34. The number of anilines is 2. The fourth-order valence-electron chi connectivity index (χ4n) is 2.07. The summed E-state index contributed by atoms with van der Waals surface area (Å²) in [5.74, 6) is 1.19. The van der Waals surface area contributed by atoms with Gasteiger partial charge in [-0.2, -0.15) is 13.2 Å². The zero-order valence-corrected chi connectivity index (χ0v) is 12.1. The number of nitrogens with one attached hydrogen (secondary N) is 1. The van der Waals surface area contributed by atoms with Gasteiger partial charge in [-0.25, -0.2) is 9.97 Å². The summed E-state index contributed by atoms with van der Waals surface area (Å²) in [7, 11) is 1.50. The number of ether oxygens (including phenoxy) is 1. The largest absolute Gasteiger partial charge is 0.405 e. The molecule has 8 heteroatoms. The van der Waals surface area contributed by atoms with Gasteiger partial charge in [0.2, 0.25) is 0 Å². The fraction of sp³-hybridized carbons (Fsp3) is 0.692. The van der Waals surface area contributed by atoms with Gasteiger partial charge in [0.1, 0.15) is 24.8 Å². The minimum atomic E-state index is -4.26. The minimum Gasteiger partial charge on any atom is -0.377 e. The first kappa shape index (κ1) is 15.8. The molecule has 5 nitrogen and oxygen atoms in total. The lowest BCUT2D eigenvalue weighted by atomic mass is 10.4. The van der Waals surface area contributed by atoms with Crippen molar-refractivity contribution < 1.29 is 17.9 Å². The number of nitrogens with zero attached hydrogens (tertiary/aromatic N) is 3. The predicted octanol–water partition coefficient (Wildman–Crippen LogP) is 2.59. The van der Waals surface area contributed by atoms with Crippen molar-refractivity contribution in [3.8, 4) is 0 Å². The molecule has 0 saturated heterocycles. The van der Waals surface area contributed by atoms with Gasteiger partial charge in [0, 0.05) is 25.8 Å². The van der Waals surface area contributed by atoms with Crippen LogP contribution in [0, 0.1) is 0 Å². The summed E-state index contributed by atoms with van der Waals surface area (Å²) >= 11 is 0. The highest BCUT2D eigenvalue weighted by Gasteiger charge is 2.39. The van der Waals surface area contributed by atoms with E-state index in [1.54, 1.807) is 6.07 Å². The summed E-state index contributed by atoms with van der Waals surface area (Å²) in [5, 5.41) is 3.01. The molecule has 2 rings (SSSR count). The molecule has 0 amide bonds. The summed E-state index contributed by atoms with van der Waals surface area (Å²) in [5.41, 5.74) is 0. The molecule has 1 fully saturated rings. The highest BCUT2D eigenvalue weighted by atomic mass is 19.4. The summed E-state index contributed by atoms with van der Waals surface area (Å²) in [6.45, 7) is 1.70. The van der Waals surface area contributed by atoms with Crippen molar-refractivity contribution in [2.45, 2.75) is 38.6 Å². The van der Waals surface area contributed by atoms with Crippen LogP contribution in [0.4, 0.5) is 24.8 Å². The Labute approximate surface area is 121 Å². The smallest absolute Gasteiger partial charge is 0.377 e. The van der Waals surface area contributed by atoms with Gasteiger partial charge in [0.05, 0.1) is 0 Å². The van der Waals surface area contributed by atoms with Crippen LogP contribution in [-0.2, 0) is 11.3 Å².